The van der Waals surface area contributed by atoms with Gasteiger partial charge in [0, 0.05) is 5.71 Å². The van der Waals surface area contributed by atoms with E-state index in [2.05, 4.69) is 38.0 Å². The molecule has 0 aromatic heterocycles. The lowest BCUT2D eigenvalue weighted by Gasteiger charge is -2.02. The maximum absolute atomic E-state index is 5.67. The van der Waals surface area contributed by atoms with Gasteiger partial charge in [0.25, 0.3) is 0 Å². The minimum Gasteiger partial charge on any atom is -0.481 e. The lowest BCUT2D eigenvalue weighted by atomic mass is 10.2. The molecule has 0 saturated carbocycles. The average Bonchev–Trinajstić information content (AvgIpc) is 2.39. The van der Waals surface area contributed by atoms with Crippen molar-refractivity contribution in [1.82, 2.24) is 0 Å². The predicted molar refractivity (Wildman–Crippen MR) is 79.5 cm³/mol. The van der Waals surface area contributed by atoms with Gasteiger partial charge in [0.15, 0.2) is 6.40 Å². The Morgan fingerprint density at radius 3 is 2.56 bits per heavy atom. The average molecular weight is 274 g/mol. The van der Waals surface area contributed by atoms with E-state index >= 15 is 0 Å². The van der Waals surface area contributed by atoms with Gasteiger partial charge >= 0.3 is 0 Å². The molecule has 0 rings (SSSR count). The molecule has 6 nitrogen and oxygen atoms in total. The van der Waals surface area contributed by atoms with Gasteiger partial charge < -0.3 is 15.2 Å². The van der Waals surface area contributed by atoms with Crippen LogP contribution in [0, 0.1) is 0 Å². The van der Waals surface area contributed by atoms with E-state index in [-0.39, 0.29) is 0 Å². The van der Waals surface area contributed by atoms with Gasteiger partial charge in [0.1, 0.15) is 6.61 Å². The zero-order valence-corrected chi connectivity index (χ0v) is 12.3. The van der Waals surface area contributed by atoms with Crippen molar-refractivity contribution in [1.29, 1.82) is 0 Å². The maximum atomic E-state index is 5.67. The summed E-state index contributed by atoms with van der Waals surface area (Å²) in [7, 11) is 2.18. The Bertz CT molecular complexity index is 287. The van der Waals surface area contributed by atoms with E-state index in [0.717, 1.165) is 18.6 Å². The first-order valence-corrected chi connectivity index (χ1v) is 6.53. The summed E-state index contributed by atoms with van der Waals surface area (Å²) >= 11 is 0. The van der Waals surface area contributed by atoms with Crippen molar-refractivity contribution in [3.05, 3.63) is 0 Å². The second-order valence-corrected chi connectivity index (χ2v) is 3.66. The zero-order chi connectivity index (χ0) is 13.6. The van der Waals surface area contributed by atoms with E-state index < -0.39 is 0 Å². The van der Waals surface area contributed by atoms with Crippen molar-refractivity contribution in [2.24, 2.45) is 20.5 Å². The number of guanidine groups is 1. The standard InChI is InChI=1S/C11H23N4O2P/c1-3-10(4-2)15-11(12)13-5-6-16-7-8-17-9-14-18/h9H,3-8,18H2,1-2H3,(H2,12,13). The van der Waals surface area contributed by atoms with Crippen LogP contribution in [-0.2, 0) is 9.47 Å². The SMILES string of the molecule is CCC(CC)=NC(N)=NCCOCCOC=NP. The Morgan fingerprint density at radius 1 is 1.22 bits per heavy atom. The minimum absolute atomic E-state index is 0.323. The van der Waals surface area contributed by atoms with Gasteiger partial charge in [-0.25, -0.2) is 14.7 Å². The Morgan fingerprint density at radius 2 is 1.94 bits per heavy atom. The number of aliphatic imine (C=N–C) groups is 2. The fourth-order valence-corrected chi connectivity index (χ4v) is 1.22. The maximum Gasteiger partial charge on any atom is 0.215 e. The molecule has 2 N–H and O–H groups in total. The molecule has 0 saturated heterocycles. The predicted octanol–water partition coefficient (Wildman–Crippen LogP) is 1.41. The molecule has 0 bridgehead atoms. The quantitative estimate of drug-likeness (QED) is 0.299. The molecule has 0 fully saturated rings. The van der Waals surface area contributed by atoms with E-state index in [9.17, 15) is 0 Å². The van der Waals surface area contributed by atoms with Crippen LogP contribution in [0.15, 0.2) is 14.7 Å². The summed E-state index contributed by atoms with van der Waals surface area (Å²) in [5.74, 6) is 0.323. The summed E-state index contributed by atoms with van der Waals surface area (Å²) in [6, 6.07) is 0. The highest BCUT2D eigenvalue weighted by atomic mass is 31.0. The fourth-order valence-electron chi connectivity index (χ4n) is 1.14. The summed E-state index contributed by atoms with van der Waals surface area (Å²) in [5, 5.41) is 0. The van der Waals surface area contributed by atoms with Crippen LogP contribution in [0.1, 0.15) is 26.7 Å². The summed E-state index contributed by atoms with van der Waals surface area (Å²) in [6.07, 6.45) is 3.16. The van der Waals surface area contributed by atoms with Crippen molar-refractivity contribution in [2.75, 3.05) is 26.4 Å². The van der Waals surface area contributed by atoms with Crippen molar-refractivity contribution in [3.63, 3.8) is 0 Å². The second-order valence-electron chi connectivity index (χ2n) is 3.36. The van der Waals surface area contributed by atoms with E-state index in [4.69, 9.17) is 15.2 Å². The van der Waals surface area contributed by atoms with Crippen LogP contribution in [0.2, 0.25) is 0 Å². The Balaban J connectivity index is 3.65. The second kappa shape index (κ2) is 12.5. The molecule has 1 unspecified atom stereocenters. The molecule has 0 spiro atoms. The first-order chi connectivity index (χ1) is 8.74. The highest BCUT2D eigenvalue weighted by molar-refractivity contribution is 7.14. The van der Waals surface area contributed by atoms with Gasteiger partial charge in [-0.2, -0.15) is 0 Å². The summed E-state index contributed by atoms with van der Waals surface area (Å²) in [6.45, 7) is 6.10. The summed E-state index contributed by atoms with van der Waals surface area (Å²) in [4.78, 5) is 8.32. The van der Waals surface area contributed by atoms with Crippen LogP contribution in [0.4, 0.5) is 0 Å². The van der Waals surface area contributed by atoms with Gasteiger partial charge in [-0.05, 0) is 22.2 Å². The van der Waals surface area contributed by atoms with Crippen molar-refractivity contribution in [3.8, 4) is 0 Å². The third-order valence-corrected chi connectivity index (χ3v) is 2.20. The van der Waals surface area contributed by atoms with Crippen molar-refractivity contribution < 1.29 is 9.47 Å². The first-order valence-electron chi connectivity index (χ1n) is 6.02. The number of rotatable bonds is 9. The fraction of sp³-hybridized carbons (Fsp3) is 0.727. The summed E-state index contributed by atoms with van der Waals surface area (Å²) < 4.78 is 13.9. The summed E-state index contributed by atoms with van der Waals surface area (Å²) in [5.41, 5.74) is 6.73. The highest BCUT2D eigenvalue weighted by Crippen LogP contribution is 1.92. The molecule has 0 aliphatic heterocycles. The molecular formula is C11H23N4O2P. The molecule has 0 radical (unpaired) electrons. The lowest BCUT2D eigenvalue weighted by molar-refractivity contribution is 0.105. The molecule has 0 aliphatic carbocycles. The minimum atomic E-state index is 0.323. The Labute approximate surface area is 111 Å². The molecule has 7 heteroatoms. The molecule has 1 atom stereocenters. The molecule has 0 amide bonds. The van der Waals surface area contributed by atoms with Crippen LogP contribution >= 0.6 is 9.39 Å². The van der Waals surface area contributed by atoms with Crippen LogP contribution in [0.3, 0.4) is 0 Å². The first kappa shape index (κ1) is 17.0. The van der Waals surface area contributed by atoms with Gasteiger partial charge in [-0.3, -0.25) is 0 Å². The lowest BCUT2D eigenvalue weighted by Crippen LogP contribution is -2.14. The highest BCUT2D eigenvalue weighted by Gasteiger charge is 1.94. The topological polar surface area (TPSA) is 81.6 Å². The van der Waals surface area contributed by atoms with E-state index in [1.54, 1.807) is 0 Å². The zero-order valence-electron chi connectivity index (χ0n) is 11.1. The number of hydrogen-bond acceptors (Lipinski definition) is 4. The molecule has 0 aromatic rings. The largest absolute Gasteiger partial charge is 0.481 e. The molecule has 104 valence electrons. The monoisotopic (exact) mass is 274 g/mol. The van der Waals surface area contributed by atoms with Gasteiger partial charge in [0.2, 0.25) is 5.96 Å². The molecule has 0 aliphatic rings. The molecule has 0 heterocycles. The van der Waals surface area contributed by atoms with E-state index in [1.165, 1.54) is 6.40 Å². The molecule has 18 heavy (non-hydrogen) atoms. The van der Waals surface area contributed by atoms with Crippen molar-refractivity contribution >= 4 is 27.5 Å². The Hall–Kier alpha value is -1.00. The Kier molecular flexibility index (Phi) is 11.8. The van der Waals surface area contributed by atoms with Crippen LogP contribution < -0.4 is 5.73 Å². The number of nitrogens with zero attached hydrogens (tertiary/aromatic N) is 3. The smallest absolute Gasteiger partial charge is 0.215 e. The van der Waals surface area contributed by atoms with E-state index in [0.29, 0.717) is 32.3 Å². The van der Waals surface area contributed by atoms with Crippen LogP contribution in [-0.4, -0.2) is 44.4 Å². The van der Waals surface area contributed by atoms with E-state index in [1.807, 2.05) is 0 Å². The van der Waals surface area contributed by atoms with Crippen LogP contribution in [0.25, 0.3) is 0 Å². The number of ether oxygens (including phenoxy) is 2. The third kappa shape index (κ3) is 10.2. The number of hydrogen-bond donors (Lipinski definition) is 1. The van der Waals surface area contributed by atoms with Crippen molar-refractivity contribution in [2.45, 2.75) is 26.7 Å². The number of nitrogens with two attached hydrogens (primary N) is 1. The normalized spacial score (nSPS) is 11.8. The molecular weight excluding hydrogens is 251 g/mol. The van der Waals surface area contributed by atoms with Gasteiger partial charge in [-0.15, -0.1) is 0 Å². The third-order valence-electron chi connectivity index (χ3n) is 2.08. The van der Waals surface area contributed by atoms with Gasteiger partial charge in [0.05, 0.1) is 19.8 Å². The van der Waals surface area contributed by atoms with Gasteiger partial charge in [-0.1, -0.05) is 13.8 Å². The van der Waals surface area contributed by atoms with Crippen LogP contribution in [0.5, 0.6) is 0 Å². The molecule has 0 aromatic carbocycles.